The molecule has 1 atom stereocenters. The van der Waals surface area contributed by atoms with Gasteiger partial charge < -0.3 is 14.6 Å². The van der Waals surface area contributed by atoms with Crippen molar-refractivity contribution in [2.45, 2.75) is 11.1 Å². The Balaban J connectivity index is 1.87. The fourth-order valence-electron chi connectivity index (χ4n) is 3.02. The fraction of sp³-hybridized carbons (Fsp3) is 0.300. The summed E-state index contributed by atoms with van der Waals surface area (Å²) in [6, 6.07) is 7.20. The molecule has 1 unspecified atom stereocenters. The largest absolute Gasteiger partial charge is 0.497 e. The van der Waals surface area contributed by atoms with Gasteiger partial charge in [0.2, 0.25) is 0 Å². The maximum Gasteiger partial charge on any atom is 0.417 e. The quantitative estimate of drug-likeness (QED) is 0.663. The topological polar surface area (TPSA) is 72.8 Å². The van der Waals surface area contributed by atoms with Gasteiger partial charge in [0.15, 0.2) is 5.78 Å². The molecule has 0 aromatic heterocycles. The average molecular weight is 461 g/mol. The van der Waals surface area contributed by atoms with E-state index in [0.29, 0.717) is 15.7 Å². The molecule has 2 aromatic carbocycles. The van der Waals surface area contributed by atoms with Crippen LogP contribution in [0.5, 0.6) is 5.75 Å². The van der Waals surface area contributed by atoms with Gasteiger partial charge >= 0.3 is 12.1 Å². The van der Waals surface area contributed by atoms with E-state index in [4.69, 9.17) is 21.1 Å². The molecule has 1 heterocycles. The molecule has 0 fully saturated rings. The van der Waals surface area contributed by atoms with Gasteiger partial charge in [0.1, 0.15) is 17.8 Å². The summed E-state index contributed by atoms with van der Waals surface area (Å²) in [6.07, 6.45) is -4.74. The highest BCUT2D eigenvalue weighted by atomic mass is 35.5. The number of aliphatic hydroxyl groups is 1. The normalized spacial score (nSPS) is 18.7. The number of benzene rings is 2. The van der Waals surface area contributed by atoms with Crippen molar-refractivity contribution in [1.29, 1.82) is 0 Å². The number of ketones is 1. The number of carbonyl (C=O) groups is 2. The van der Waals surface area contributed by atoms with Crippen molar-refractivity contribution in [3.63, 3.8) is 0 Å². The Morgan fingerprint density at radius 1 is 1.30 bits per heavy atom. The number of esters is 1. The predicted molar refractivity (Wildman–Crippen MR) is 104 cm³/mol. The lowest BCUT2D eigenvalue weighted by molar-refractivity contribution is -0.138. The fourth-order valence-corrected chi connectivity index (χ4v) is 4.63. The van der Waals surface area contributed by atoms with E-state index in [1.807, 2.05) is 0 Å². The standard InChI is InChI=1S/C20H16ClF3O5S/c1-28-11-6-13-16(15(21)7-11)30-10-19(8-25,17(13)26)9-29-18(27)12-4-2-3-5-14(12)20(22,23)24/h2-7,25H,8-10H2,1H3. The smallest absolute Gasteiger partial charge is 0.417 e. The average Bonchev–Trinajstić information content (AvgIpc) is 2.73. The van der Waals surface area contributed by atoms with Gasteiger partial charge in [-0.3, -0.25) is 4.79 Å². The number of carbonyl (C=O) groups excluding carboxylic acids is 2. The highest BCUT2D eigenvalue weighted by molar-refractivity contribution is 7.99. The van der Waals surface area contributed by atoms with Crippen molar-refractivity contribution >= 4 is 35.1 Å². The number of hydrogen-bond donors (Lipinski definition) is 1. The molecule has 0 saturated carbocycles. The van der Waals surface area contributed by atoms with Crippen LogP contribution >= 0.6 is 23.4 Å². The van der Waals surface area contributed by atoms with Crippen LogP contribution in [-0.2, 0) is 10.9 Å². The van der Waals surface area contributed by atoms with Crippen LogP contribution in [0.4, 0.5) is 13.2 Å². The molecule has 0 aliphatic carbocycles. The number of Topliss-reactive ketones (excluding diaryl/α,β-unsaturated/α-hetero) is 1. The Hall–Kier alpha value is -2.23. The third kappa shape index (κ3) is 4.14. The summed E-state index contributed by atoms with van der Waals surface area (Å²) >= 11 is 7.37. The molecule has 0 radical (unpaired) electrons. The number of alkyl halides is 3. The van der Waals surface area contributed by atoms with Gasteiger partial charge in [-0.15, -0.1) is 11.8 Å². The minimum Gasteiger partial charge on any atom is -0.497 e. The first kappa shape index (κ1) is 22.5. The molecule has 0 amide bonds. The monoisotopic (exact) mass is 460 g/mol. The zero-order chi connectivity index (χ0) is 22.1. The molecule has 0 bridgehead atoms. The highest BCUT2D eigenvalue weighted by Crippen LogP contribution is 2.45. The van der Waals surface area contributed by atoms with Crippen molar-refractivity contribution in [3.05, 3.63) is 58.1 Å². The molecular formula is C20H16ClF3O5S. The number of methoxy groups -OCH3 is 1. The van der Waals surface area contributed by atoms with Crippen molar-refractivity contribution in [2.75, 3.05) is 26.1 Å². The van der Waals surface area contributed by atoms with Gasteiger partial charge in [-0.2, -0.15) is 13.2 Å². The molecule has 10 heteroatoms. The van der Waals surface area contributed by atoms with Crippen LogP contribution in [0.1, 0.15) is 26.3 Å². The molecule has 0 saturated heterocycles. The van der Waals surface area contributed by atoms with E-state index in [0.717, 1.165) is 18.2 Å². The van der Waals surface area contributed by atoms with Crippen molar-refractivity contribution in [3.8, 4) is 5.75 Å². The Morgan fingerprint density at radius 3 is 2.63 bits per heavy atom. The lowest BCUT2D eigenvalue weighted by atomic mass is 9.83. The van der Waals surface area contributed by atoms with Gasteiger partial charge in [-0.05, 0) is 24.3 Å². The van der Waals surface area contributed by atoms with E-state index in [-0.39, 0.29) is 11.3 Å². The van der Waals surface area contributed by atoms with E-state index in [1.54, 1.807) is 6.07 Å². The van der Waals surface area contributed by atoms with Crippen molar-refractivity contribution in [1.82, 2.24) is 0 Å². The van der Waals surface area contributed by atoms with E-state index >= 15 is 0 Å². The summed E-state index contributed by atoms with van der Waals surface area (Å²) in [5, 5.41) is 10.2. The Kier molecular flexibility index (Phi) is 6.35. The summed E-state index contributed by atoms with van der Waals surface area (Å²) < 4.78 is 49.6. The number of rotatable bonds is 5. The van der Waals surface area contributed by atoms with Gasteiger partial charge in [-0.1, -0.05) is 23.7 Å². The second kappa shape index (κ2) is 8.49. The summed E-state index contributed by atoms with van der Waals surface area (Å²) in [5.41, 5.74) is -3.13. The number of thioether (sulfide) groups is 1. The SMILES string of the molecule is COc1cc(Cl)c2c(c1)C(=O)C(CO)(COC(=O)c1ccccc1C(F)(F)F)CS2. The molecule has 5 nitrogen and oxygen atoms in total. The second-order valence-corrected chi connectivity index (χ2v) is 8.05. The number of fused-ring (bicyclic) bond motifs is 1. The second-order valence-electron chi connectivity index (χ2n) is 6.66. The van der Waals surface area contributed by atoms with Crippen LogP contribution in [0, 0.1) is 5.41 Å². The molecule has 0 spiro atoms. The van der Waals surface area contributed by atoms with Crippen LogP contribution in [0.3, 0.4) is 0 Å². The van der Waals surface area contributed by atoms with Crippen molar-refractivity contribution < 1.29 is 37.3 Å². The molecule has 30 heavy (non-hydrogen) atoms. The first-order chi connectivity index (χ1) is 14.1. The molecule has 3 rings (SSSR count). The zero-order valence-corrected chi connectivity index (χ0v) is 17.2. The molecule has 1 aliphatic heterocycles. The van der Waals surface area contributed by atoms with E-state index in [9.17, 15) is 27.9 Å². The van der Waals surface area contributed by atoms with Crippen molar-refractivity contribution in [2.24, 2.45) is 5.41 Å². The first-order valence-corrected chi connectivity index (χ1v) is 9.98. The molecule has 2 aromatic rings. The molecular weight excluding hydrogens is 445 g/mol. The van der Waals surface area contributed by atoms with Crippen LogP contribution in [0.2, 0.25) is 5.02 Å². The summed E-state index contributed by atoms with van der Waals surface area (Å²) in [6.45, 7) is -1.25. The first-order valence-electron chi connectivity index (χ1n) is 8.62. The molecule has 1 aliphatic rings. The van der Waals surface area contributed by atoms with E-state index < -0.39 is 47.7 Å². The maximum atomic E-state index is 13.2. The Morgan fingerprint density at radius 2 is 2.00 bits per heavy atom. The van der Waals surface area contributed by atoms with Crippen LogP contribution in [0.25, 0.3) is 0 Å². The van der Waals surface area contributed by atoms with Crippen LogP contribution < -0.4 is 4.74 Å². The third-order valence-corrected chi connectivity index (χ3v) is 6.54. The van der Waals surface area contributed by atoms with Crippen LogP contribution in [-0.4, -0.2) is 42.9 Å². The number of hydrogen-bond acceptors (Lipinski definition) is 6. The minimum absolute atomic E-state index is 0.0373. The Bertz CT molecular complexity index is 995. The van der Waals surface area contributed by atoms with Gasteiger partial charge in [-0.25, -0.2) is 4.79 Å². The van der Waals surface area contributed by atoms with Gasteiger partial charge in [0, 0.05) is 16.2 Å². The third-order valence-electron chi connectivity index (χ3n) is 4.71. The lowest BCUT2D eigenvalue weighted by Crippen LogP contribution is -2.44. The number of aliphatic hydroxyl groups excluding tert-OH is 1. The zero-order valence-electron chi connectivity index (χ0n) is 15.6. The van der Waals surface area contributed by atoms with E-state index in [1.165, 1.54) is 31.0 Å². The maximum absolute atomic E-state index is 13.2. The number of halogens is 4. The highest BCUT2D eigenvalue weighted by Gasteiger charge is 2.45. The summed E-state index contributed by atoms with van der Waals surface area (Å²) in [4.78, 5) is 26.0. The van der Waals surface area contributed by atoms with Crippen LogP contribution in [0.15, 0.2) is 41.3 Å². The predicted octanol–water partition coefficient (Wildman–Crippen LogP) is 4.49. The summed E-state index contributed by atoms with van der Waals surface area (Å²) in [7, 11) is 1.40. The lowest BCUT2D eigenvalue weighted by Gasteiger charge is -2.34. The van der Waals surface area contributed by atoms with Gasteiger partial charge in [0.05, 0.1) is 29.9 Å². The summed E-state index contributed by atoms with van der Waals surface area (Å²) in [5.74, 6) is -1.40. The minimum atomic E-state index is -4.74. The molecule has 160 valence electrons. The van der Waals surface area contributed by atoms with Gasteiger partial charge in [0.25, 0.3) is 0 Å². The number of ether oxygens (including phenoxy) is 2. The van der Waals surface area contributed by atoms with E-state index in [2.05, 4.69) is 0 Å². The Labute approximate surface area is 179 Å². The molecule has 1 N–H and O–H groups in total.